The SMILES string of the molecule is CCN1CCN([C@H](c2cc(OC)ccc2OC)c2nnnn2C[C@H]2CCCO2)CC1. The Morgan fingerprint density at radius 1 is 1.17 bits per heavy atom. The van der Waals surface area contributed by atoms with Crippen molar-refractivity contribution in [2.45, 2.75) is 38.5 Å². The number of benzene rings is 1. The number of aromatic nitrogens is 4. The van der Waals surface area contributed by atoms with Crippen LogP contribution in [0, 0.1) is 0 Å². The van der Waals surface area contributed by atoms with E-state index in [1.807, 2.05) is 22.9 Å². The van der Waals surface area contributed by atoms with E-state index in [0.717, 1.165) is 75.1 Å². The van der Waals surface area contributed by atoms with Crippen molar-refractivity contribution in [1.82, 2.24) is 30.0 Å². The average Bonchev–Trinajstić information content (AvgIpc) is 3.47. The molecule has 3 heterocycles. The molecule has 0 N–H and O–H groups in total. The summed E-state index contributed by atoms with van der Waals surface area (Å²) in [6.45, 7) is 8.67. The normalized spacial score (nSPS) is 21.6. The van der Waals surface area contributed by atoms with E-state index in [2.05, 4.69) is 32.2 Å². The summed E-state index contributed by atoms with van der Waals surface area (Å²) < 4.78 is 19.0. The van der Waals surface area contributed by atoms with Crippen molar-refractivity contribution in [2.75, 3.05) is 53.6 Å². The predicted octanol–water partition coefficient (Wildman–Crippen LogP) is 1.60. The third-order valence-corrected chi connectivity index (χ3v) is 6.16. The molecule has 1 aromatic heterocycles. The summed E-state index contributed by atoms with van der Waals surface area (Å²) in [4.78, 5) is 4.91. The van der Waals surface area contributed by atoms with Crippen molar-refractivity contribution in [3.05, 3.63) is 29.6 Å². The molecule has 0 amide bonds. The minimum atomic E-state index is -0.120. The van der Waals surface area contributed by atoms with E-state index in [4.69, 9.17) is 14.2 Å². The zero-order valence-corrected chi connectivity index (χ0v) is 18.2. The Morgan fingerprint density at radius 2 is 2.00 bits per heavy atom. The number of hydrogen-bond donors (Lipinski definition) is 0. The van der Waals surface area contributed by atoms with Gasteiger partial charge >= 0.3 is 0 Å². The van der Waals surface area contributed by atoms with Gasteiger partial charge in [-0.15, -0.1) is 5.10 Å². The molecular weight excluding hydrogens is 384 g/mol. The van der Waals surface area contributed by atoms with Crippen LogP contribution < -0.4 is 9.47 Å². The van der Waals surface area contributed by atoms with Crippen molar-refractivity contribution in [3.8, 4) is 11.5 Å². The van der Waals surface area contributed by atoms with Gasteiger partial charge in [0.1, 0.15) is 17.5 Å². The second-order valence-electron chi connectivity index (χ2n) is 7.83. The molecule has 1 aromatic carbocycles. The minimum Gasteiger partial charge on any atom is -0.497 e. The molecule has 0 spiro atoms. The first-order valence-electron chi connectivity index (χ1n) is 10.8. The maximum atomic E-state index is 5.84. The second kappa shape index (κ2) is 9.72. The molecule has 2 aliphatic heterocycles. The standard InChI is InChI=1S/C21H32N6O3/c1-4-25-9-11-26(12-10-25)20(18-14-16(28-2)7-8-19(18)29-3)21-22-23-24-27(21)15-17-6-5-13-30-17/h7-8,14,17,20H,4-6,9-13,15H2,1-3H3/t17-,20-/m1/s1. The number of piperazine rings is 1. The quantitative estimate of drug-likeness (QED) is 0.642. The zero-order chi connectivity index (χ0) is 20.9. The number of methoxy groups -OCH3 is 2. The van der Waals surface area contributed by atoms with E-state index in [9.17, 15) is 0 Å². The molecule has 2 fully saturated rings. The number of tetrazole rings is 1. The summed E-state index contributed by atoms with van der Waals surface area (Å²) in [7, 11) is 3.38. The van der Waals surface area contributed by atoms with E-state index in [-0.39, 0.29) is 12.1 Å². The fourth-order valence-electron chi connectivity index (χ4n) is 4.41. The first kappa shape index (κ1) is 21.0. The van der Waals surface area contributed by atoms with Crippen LogP contribution in [0.5, 0.6) is 11.5 Å². The molecule has 0 unspecified atom stereocenters. The molecule has 4 rings (SSSR count). The van der Waals surface area contributed by atoms with E-state index in [1.54, 1.807) is 14.2 Å². The van der Waals surface area contributed by atoms with Crippen LogP contribution in [0.1, 0.15) is 37.2 Å². The summed E-state index contributed by atoms with van der Waals surface area (Å²) in [5.41, 5.74) is 1.02. The molecule has 0 saturated carbocycles. The Morgan fingerprint density at radius 3 is 2.67 bits per heavy atom. The summed E-state index contributed by atoms with van der Waals surface area (Å²) in [6, 6.07) is 5.80. The first-order valence-corrected chi connectivity index (χ1v) is 10.8. The van der Waals surface area contributed by atoms with Crippen LogP contribution in [-0.4, -0.2) is 89.7 Å². The molecule has 2 saturated heterocycles. The zero-order valence-electron chi connectivity index (χ0n) is 18.2. The van der Waals surface area contributed by atoms with Crippen LogP contribution in [-0.2, 0) is 11.3 Å². The summed E-state index contributed by atoms with van der Waals surface area (Å²) >= 11 is 0. The molecule has 164 valence electrons. The van der Waals surface area contributed by atoms with Crippen molar-refractivity contribution >= 4 is 0 Å². The summed E-state index contributed by atoms with van der Waals surface area (Å²) in [6.07, 6.45) is 2.30. The number of hydrogen-bond acceptors (Lipinski definition) is 8. The molecule has 2 aliphatic rings. The van der Waals surface area contributed by atoms with Gasteiger partial charge in [0.05, 0.1) is 26.9 Å². The number of rotatable bonds is 8. The van der Waals surface area contributed by atoms with E-state index >= 15 is 0 Å². The van der Waals surface area contributed by atoms with Crippen molar-refractivity contribution in [3.63, 3.8) is 0 Å². The highest BCUT2D eigenvalue weighted by Gasteiger charge is 2.33. The fraction of sp³-hybridized carbons (Fsp3) is 0.667. The number of nitrogens with zero attached hydrogens (tertiary/aromatic N) is 6. The van der Waals surface area contributed by atoms with Gasteiger partial charge in [0.15, 0.2) is 5.82 Å². The summed E-state index contributed by atoms with van der Waals surface area (Å²) in [5.74, 6) is 2.42. The Kier molecular flexibility index (Phi) is 6.81. The molecule has 0 bridgehead atoms. The number of likely N-dealkylation sites (N-methyl/N-ethyl adjacent to an activating group) is 1. The van der Waals surface area contributed by atoms with Crippen LogP contribution >= 0.6 is 0 Å². The topological polar surface area (TPSA) is 77.8 Å². The van der Waals surface area contributed by atoms with Gasteiger partial charge in [-0.2, -0.15) is 0 Å². The maximum Gasteiger partial charge on any atom is 0.173 e. The maximum absolute atomic E-state index is 5.84. The Labute approximate surface area is 177 Å². The van der Waals surface area contributed by atoms with Crippen LogP contribution in [0.15, 0.2) is 18.2 Å². The van der Waals surface area contributed by atoms with E-state index in [0.29, 0.717) is 6.54 Å². The lowest BCUT2D eigenvalue weighted by atomic mass is 10.0. The highest BCUT2D eigenvalue weighted by atomic mass is 16.5. The van der Waals surface area contributed by atoms with Crippen molar-refractivity contribution in [1.29, 1.82) is 0 Å². The first-order chi connectivity index (χ1) is 14.7. The highest BCUT2D eigenvalue weighted by Crippen LogP contribution is 2.36. The third kappa shape index (κ3) is 4.43. The van der Waals surface area contributed by atoms with Crippen molar-refractivity contribution in [2.24, 2.45) is 0 Å². The molecule has 9 nitrogen and oxygen atoms in total. The number of ether oxygens (including phenoxy) is 3. The van der Waals surface area contributed by atoms with Gasteiger partial charge in [0, 0.05) is 38.3 Å². The lowest BCUT2D eigenvalue weighted by Gasteiger charge is -2.39. The Hall–Kier alpha value is -2.23. The largest absolute Gasteiger partial charge is 0.497 e. The smallest absolute Gasteiger partial charge is 0.173 e. The van der Waals surface area contributed by atoms with Gasteiger partial charge in [0.2, 0.25) is 0 Å². The van der Waals surface area contributed by atoms with Crippen LogP contribution in [0.4, 0.5) is 0 Å². The van der Waals surface area contributed by atoms with Gasteiger partial charge in [-0.3, -0.25) is 4.90 Å². The van der Waals surface area contributed by atoms with Crippen LogP contribution in [0.2, 0.25) is 0 Å². The molecule has 30 heavy (non-hydrogen) atoms. The highest BCUT2D eigenvalue weighted by molar-refractivity contribution is 5.44. The molecular formula is C21H32N6O3. The van der Waals surface area contributed by atoms with Crippen molar-refractivity contribution < 1.29 is 14.2 Å². The van der Waals surface area contributed by atoms with Crippen LogP contribution in [0.3, 0.4) is 0 Å². The minimum absolute atomic E-state index is 0.120. The Bertz CT molecular complexity index is 815. The lowest BCUT2D eigenvalue weighted by molar-refractivity contribution is 0.0858. The Balaban J connectivity index is 1.71. The van der Waals surface area contributed by atoms with E-state index in [1.165, 1.54) is 0 Å². The third-order valence-electron chi connectivity index (χ3n) is 6.16. The monoisotopic (exact) mass is 416 g/mol. The summed E-state index contributed by atoms with van der Waals surface area (Å²) in [5, 5.41) is 12.8. The molecule has 2 atom stereocenters. The van der Waals surface area contributed by atoms with Gasteiger partial charge < -0.3 is 19.1 Å². The predicted molar refractivity (Wildman–Crippen MR) is 112 cm³/mol. The van der Waals surface area contributed by atoms with Gasteiger partial charge in [-0.1, -0.05) is 6.92 Å². The lowest BCUT2D eigenvalue weighted by Crippen LogP contribution is -2.48. The molecule has 2 aromatic rings. The second-order valence-corrected chi connectivity index (χ2v) is 7.83. The fourth-order valence-corrected chi connectivity index (χ4v) is 4.41. The van der Waals surface area contributed by atoms with Gasteiger partial charge in [-0.25, -0.2) is 4.68 Å². The van der Waals surface area contributed by atoms with E-state index < -0.39 is 0 Å². The van der Waals surface area contributed by atoms with Gasteiger partial charge in [0.25, 0.3) is 0 Å². The molecule has 9 heteroatoms. The average molecular weight is 417 g/mol. The molecule has 0 radical (unpaired) electrons. The van der Waals surface area contributed by atoms with Crippen LogP contribution in [0.25, 0.3) is 0 Å². The molecule has 0 aliphatic carbocycles. The van der Waals surface area contributed by atoms with Gasteiger partial charge in [-0.05, 0) is 48.0 Å².